The number of carboxylic acids is 1. The highest BCUT2D eigenvalue weighted by Gasteiger charge is 2.09. The van der Waals surface area contributed by atoms with E-state index < -0.39 is 11.8 Å². The van der Waals surface area contributed by atoms with Gasteiger partial charge >= 0.3 is 5.97 Å². The number of halogens is 1. The van der Waals surface area contributed by atoms with Crippen LogP contribution in [0, 0.1) is 12.7 Å². The Morgan fingerprint density at radius 2 is 2.24 bits per heavy atom. The van der Waals surface area contributed by atoms with E-state index in [4.69, 9.17) is 9.84 Å². The highest BCUT2D eigenvalue weighted by atomic mass is 19.1. The first-order valence-corrected chi connectivity index (χ1v) is 5.33. The van der Waals surface area contributed by atoms with Crippen LogP contribution in [0.5, 0.6) is 0 Å². The molecule has 0 radical (unpaired) electrons. The summed E-state index contributed by atoms with van der Waals surface area (Å²) in [5, 5.41) is 8.66. The lowest BCUT2D eigenvalue weighted by atomic mass is 10.0. The van der Waals surface area contributed by atoms with Crippen LogP contribution in [0.1, 0.15) is 23.6 Å². The number of carbonyl (C=O) groups is 1. The SMILES string of the molecule is CCOC=Cc1cc(CC(=O)O)c(F)cc1C. The summed E-state index contributed by atoms with van der Waals surface area (Å²) in [5.74, 6) is -1.54. The first-order chi connectivity index (χ1) is 8.04. The van der Waals surface area contributed by atoms with E-state index in [1.54, 1.807) is 13.0 Å². The van der Waals surface area contributed by atoms with Gasteiger partial charge in [-0.05, 0) is 48.7 Å². The van der Waals surface area contributed by atoms with E-state index >= 15 is 0 Å². The molecule has 3 nitrogen and oxygen atoms in total. The molecule has 4 heteroatoms. The lowest BCUT2D eigenvalue weighted by Gasteiger charge is -2.06. The first kappa shape index (κ1) is 13.2. The fraction of sp³-hybridized carbons (Fsp3) is 0.308. The molecule has 0 unspecified atom stereocenters. The Morgan fingerprint density at radius 3 is 2.82 bits per heavy atom. The van der Waals surface area contributed by atoms with Gasteiger partial charge in [-0.2, -0.15) is 0 Å². The molecule has 0 amide bonds. The molecule has 1 aromatic carbocycles. The van der Waals surface area contributed by atoms with Gasteiger partial charge in [-0.25, -0.2) is 4.39 Å². The van der Waals surface area contributed by atoms with Crippen LogP contribution in [-0.4, -0.2) is 17.7 Å². The Hall–Kier alpha value is -1.84. The van der Waals surface area contributed by atoms with Crippen molar-refractivity contribution >= 4 is 12.0 Å². The highest BCUT2D eigenvalue weighted by Crippen LogP contribution is 2.17. The Balaban J connectivity index is 3.01. The number of carboxylic acid groups (broad SMARTS) is 1. The van der Waals surface area contributed by atoms with E-state index in [0.717, 1.165) is 11.1 Å². The van der Waals surface area contributed by atoms with E-state index in [1.807, 2.05) is 6.92 Å². The van der Waals surface area contributed by atoms with Crippen molar-refractivity contribution in [1.29, 1.82) is 0 Å². The molecule has 17 heavy (non-hydrogen) atoms. The molecule has 1 N–H and O–H groups in total. The van der Waals surface area contributed by atoms with Gasteiger partial charge in [0.1, 0.15) is 5.82 Å². The number of benzene rings is 1. The second kappa shape index (κ2) is 6.03. The number of hydrogen-bond acceptors (Lipinski definition) is 2. The predicted molar refractivity (Wildman–Crippen MR) is 63.1 cm³/mol. The van der Waals surface area contributed by atoms with Crippen molar-refractivity contribution in [3.63, 3.8) is 0 Å². The normalized spacial score (nSPS) is 10.8. The van der Waals surface area contributed by atoms with Crippen molar-refractivity contribution in [1.82, 2.24) is 0 Å². The van der Waals surface area contributed by atoms with Gasteiger partial charge in [-0.15, -0.1) is 0 Å². The highest BCUT2D eigenvalue weighted by molar-refractivity contribution is 5.71. The second-order valence-corrected chi connectivity index (χ2v) is 3.63. The number of aliphatic carboxylic acids is 1. The first-order valence-electron chi connectivity index (χ1n) is 5.33. The molecular weight excluding hydrogens is 223 g/mol. The number of ether oxygens (including phenoxy) is 1. The van der Waals surface area contributed by atoms with Crippen molar-refractivity contribution in [2.24, 2.45) is 0 Å². The summed E-state index contributed by atoms with van der Waals surface area (Å²) in [7, 11) is 0. The molecule has 0 saturated heterocycles. The Morgan fingerprint density at radius 1 is 1.53 bits per heavy atom. The zero-order chi connectivity index (χ0) is 12.8. The van der Waals surface area contributed by atoms with Gasteiger partial charge < -0.3 is 9.84 Å². The third-order valence-electron chi connectivity index (χ3n) is 2.29. The zero-order valence-electron chi connectivity index (χ0n) is 9.87. The maximum Gasteiger partial charge on any atom is 0.307 e. The summed E-state index contributed by atoms with van der Waals surface area (Å²) in [4.78, 5) is 10.6. The third-order valence-corrected chi connectivity index (χ3v) is 2.29. The third kappa shape index (κ3) is 3.90. The van der Waals surface area contributed by atoms with Gasteiger partial charge in [-0.3, -0.25) is 4.79 Å². The van der Waals surface area contributed by atoms with Gasteiger partial charge in [-0.1, -0.05) is 0 Å². The largest absolute Gasteiger partial charge is 0.501 e. The Kier molecular flexibility index (Phi) is 4.69. The van der Waals surface area contributed by atoms with E-state index in [-0.39, 0.29) is 12.0 Å². The van der Waals surface area contributed by atoms with Crippen molar-refractivity contribution in [2.75, 3.05) is 6.61 Å². The van der Waals surface area contributed by atoms with Crippen LogP contribution in [0.3, 0.4) is 0 Å². The molecule has 0 aliphatic rings. The maximum atomic E-state index is 13.5. The minimum Gasteiger partial charge on any atom is -0.501 e. The molecule has 0 saturated carbocycles. The Labute approximate surface area is 99.5 Å². The molecule has 92 valence electrons. The van der Waals surface area contributed by atoms with E-state index in [0.29, 0.717) is 6.61 Å². The van der Waals surface area contributed by atoms with Crippen LogP contribution in [0.25, 0.3) is 6.08 Å². The van der Waals surface area contributed by atoms with Crippen molar-refractivity contribution in [3.05, 3.63) is 40.9 Å². The van der Waals surface area contributed by atoms with Crippen LogP contribution in [-0.2, 0) is 16.0 Å². The molecule has 0 aliphatic carbocycles. The topological polar surface area (TPSA) is 46.5 Å². The number of rotatable bonds is 5. The fourth-order valence-electron chi connectivity index (χ4n) is 1.43. The quantitative estimate of drug-likeness (QED) is 0.802. The summed E-state index contributed by atoms with van der Waals surface area (Å²) >= 11 is 0. The molecule has 0 aliphatic heterocycles. The fourth-order valence-corrected chi connectivity index (χ4v) is 1.43. The van der Waals surface area contributed by atoms with Gasteiger partial charge in [0, 0.05) is 0 Å². The summed E-state index contributed by atoms with van der Waals surface area (Å²) < 4.78 is 18.5. The monoisotopic (exact) mass is 238 g/mol. The zero-order valence-corrected chi connectivity index (χ0v) is 9.87. The van der Waals surface area contributed by atoms with E-state index in [2.05, 4.69) is 0 Å². The molecule has 1 aromatic rings. The van der Waals surface area contributed by atoms with E-state index in [1.165, 1.54) is 18.4 Å². The Bertz CT molecular complexity index is 439. The predicted octanol–water partition coefficient (Wildman–Crippen LogP) is 2.77. The minimum atomic E-state index is -1.05. The van der Waals surface area contributed by atoms with Crippen LogP contribution in [0.4, 0.5) is 4.39 Å². The molecule has 0 fully saturated rings. The average molecular weight is 238 g/mol. The summed E-state index contributed by atoms with van der Waals surface area (Å²) in [5.41, 5.74) is 1.68. The van der Waals surface area contributed by atoms with E-state index in [9.17, 15) is 9.18 Å². The minimum absolute atomic E-state index is 0.180. The second-order valence-electron chi connectivity index (χ2n) is 3.63. The summed E-state index contributed by atoms with van der Waals surface area (Å²) in [6.07, 6.45) is 2.90. The molecule has 0 aromatic heterocycles. The lowest BCUT2D eigenvalue weighted by Crippen LogP contribution is -2.03. The average Bonchev–Trinajstić information content (AvgIpc) is 2.24. The summed E-state index contributed by atoms with van der Waals surface area (Å²) in [6, 6.07) is 2.87. The number of hydrogen-bond donors (Lipinski definition) is 1. The number of aryl methyl sites for hydroxylation is 1. The van der Waals surface area contributed by atoms with Crippen LogP contribution < -0.4 is 0 Å². The van der Waals surface area contributed by atoms with Crippen molar-refractivity contribution < 1.29 is 19.0 Å². The molecule has 0 heterocycles. The molecular formula is C13H15FO3. The maximum absolute atomic E-state index is 13.5. The molecule has 0 atom stereocenters. The summed E-state index contributed by atoms with van der Waals surface area (Å²) in [6.45, 7) is 4.18. The lowest BCUT2D eigenvalue weighted by molar-refractivity contribution is -0.136. The van der Waals surface area contributed by atoms with Gasteiger partial charge in [0.05, 0.1) is 19.3 Å². The van der Waals surface area contributed by atoms with Crippen LogP contribution >= 0.6 is 0 Å². The standard InChI is InChI=1S/C13H15FO3/c1-3-17-5-4-10-7-11(8-13(15)16)12(14)6-9(10)2/h4-7H,3,8H2,1-2H3,(H,15,16). The molecule has 0 bridgehead atoms. The van der Waals surface area contributed by atoms with Gasteiger partial charge in [0.2, 0.25) is 0 Å². The molecule has 0 spiro atoms. The van der Waals surface area contributed by atoms with Gasteiger partial charge in [0.15, 0.2) is 0 Å². The van der Waals surface area contributed by atoms with Crippen molar-refractivity contribution in [2.45, 2.75) is 20.3 Å². The van der Waals surface area contributed by atoms with Crippen LogP contribution in [0.15, 0.2) is 18.4 Å². The smallest absolute Gasteiger partial charge is 0.307 e. The van der Waals surface area contributed by atoms with Crippen molar-refractivity contribution in [3.8, 4) is 0 Å². The van der Waals surface area contributed by atoms with Gasteiger partial charge in [0.25, 0.3) is 0 Å². The van der Waals surface area contributed by atoms with Crippen LogP contribution in [0.2, 0.25) is 0 Å². The molecule has 1 rings (SSSR count).